The lowest BCUT2D eigenvalue weighted by Crippen LogP contribution is -2.39. The number of benzene rings is 1. The van der Waals surface area contributed by atoms with E-state index in [1.54, 1.807) is 6.82 Å². The summed E-state index contributed by atoms with van der Waals surface area (Å²) in [5.41, 5.74) is 2.22. The van der Waals surface area contributed by atoms with Gasteiger partial charge in [0.15, 0.2) is 0 Å². The first kappa shape index (κ1) is 15.6. The van der Waals surface area contributed by atoms with Crippen LogP contribution in [-0.4, -0.2) is 30.0 Å². The molecule has 0 saturated carbocycles. The molecule has 6 heteroatoms. The third kappa shape index (κ3) is 3.26. The van der Waals surface area contributed by atoms with Crippen LogP contribution in [0.4, 0.5) is 0 Å². The van der Waals surface area contributed by atoms with Crippen molar-refractivity contribution in [1.82, 2.24) is 4.81 Å². The second kappa shape index (κ2) is 6.75. The van der Waals surface area contributed by atoms with E-state index in [-0.39, 0.29) is 30.8 Å². The van der Waals surface area contributed by atoms with Gasteiger partial charge in [0.1, 0.15) is 0 Å². The van der Waals surface area contributed by atoms with Crippen LogP contribution in [0.15, 0.2) is 24.3 Å². The topological polar surface area (TPSA) is 73.6 Å². The van der Waals surface area contributed by atoms with Gasteiger partial charge in [0.05, 0.1) is 19.6 Å². The largest absolute Gasteiger partial charge is 0.469 e. The number of rotatable bonds is 5. The van der Waals surface area contributed by atoms with E-state index in [1.165, 1.54) is 7.11 Å². The normalized spacial score (nSPS) is 18.7. The Hall–Kier alpha value is -1.84. The smallest absolute Gasteiger partial charge is 0.377 e. The van der Waals surface area contributed by atoms with Crippen LogP contribution in [0.1, 0.15) is 30.0 Å². The van der Waals surface area contributed by atoms with Crippen LogP contribution < -0.4 is 0 Å². The highest BCUT2D eigenvalue weighted by atomic mass is 16.5. The summed E-state index contributed by atoms with van der Waals surface area (Å²) in [7, 11) is 0.710. The summed E-state index contributed by atoms with van der Waals surface area (Å²) in [6.45, 7) is 2.34. The molecule has 1 aromatic rings. The molecular formula is C15H19BN2O3. The van der Waals surface area contributed by atoms with Gasteiger partial charge >= 0.3 is 13.0 Å². The van der Waals surface area contributed by atoms with Crippen LogP contribution in [0, 0.1) is 17.2 Å². The number of fused-ring (bicyclic) bond motifs is 1. The molecule has 1 heterocycles. The number of methoxy groups -OCH3 is 1. The second-order valence-electron chi connectivity index (χ2n) is 5.35. The molecule has 1 aromatic carbocycles. The number of carbonyl (C=O) groups excluding carboxylic acids is 1. The first-order valence-electron chi connectivity index (χ1n) is 7.03. The molecule has 2 unspecified atom stereocenters. The predicted molar refractivity (Wildman–Crippen MR) is 78.9 cm³/mol. The van der Waals surface area contributed by atoms with Crippen molar-refractivity contribution in [3.8, 4) is 6.07 Å². The molecule has 0 spiro atoms. The van der Waals surface area contributed by atoms with Gasteiger partial charge in [-0.25, -0.2) is 0 Å². The van der Waals surface area contributed by atoms with Gasteiger partial charge in [0, 0.05) is 24.9 Å². The fraction of sp³-hybridized carbons (Fsp3) is 0.467. The highest BCUT2D eigenvalue weighted by Gasteiger charge is 2.39. The van der Waals surface area contributed by atoms with Crippen molar-refractivity contribution in [2.75, 3.05) is 7.11 Å². The van der Waals surface area contributed by atoms with Gasteiger partial charge in [-0.2, -0.15) is 5.26 Å². The summed E-state index contributed by atoms with van der Waals surface area (Å²) in [6, 6.07) is 9.94. The average molecular weight is 286 g/mol. The molecule has 1 aliphatic heterocycles. The average Bonchev–Trinajstić information content (AvgIpc) is 2.86. The fourth-order valence-corrected chi connectivity index (χ4v) is 3.04. The van der Waals surface area contributed by atoms with Gasteiger partial charge in [0.2, 0.25) is 0 Å². The molecule has 2 rings (SSSR count). The van der Waals surface area contributed by atoms with Gasteiger partial charge in [-0.1, -0.05) is 24.3 Å². The molecule has 21 heavy (non-hydrogen) atoms. The standard InChI is InChI=1S/C15H19BN2O3/c1-16(20)18-10-12-5-3-4-6-13(12)15(18)11(7-8-17)9-14(19)21-2/h3-6,11,15,20H,7,9-10H2,1-2H3. The number of nitriles is 1. The molecule has 0 aromatic heterocycles. The molecule has 1 N–H and O–H groups in total. The van der Waals surface area contributed by atoms with Crippen LogP contribution in [0.5, 0.6) is 0 Å². The second-order valence-corrected chi connectivity index (χ2v) is 5.35. The maximum Gasteiger partial charge on any atom is 0.377 e. The summed E-state index contributed by atoms with van der Waals surface area (Å²) in [5, 5.41) is 19.1. The number of esters is 1. The van der Waals surface area contributed by atoms with Crippen LogP contribution in [0.25, 0.3) is 0 Å². The lowest BCUT2D eigenvalue weighted by molar-refractivity contribution is -0.142. The Bertz CT molecular complexity index is 556. The number of hydrogen-bond acceptors (Lipinski definition) is 5. The van der Waals surface area contributed by atoms with Crippen molar-refractivity contribution in [1.29, 1.82) is 5.26 Å². The van der Waals surface area contributed by atoms with Crippen LogP contribution in [-0.2, 0) is 16.1 Å². The number of nitrogens with zero attached hydrogens (tertiary/aromatic N) is 2. The van der Waals surface area contributed by atoms with E-state index in [0.29, 0.717) is 6.54 Å². The molecule has 5 nitrogen and oxygen atoms in total. The Kier molecular flexibility index (Phi) is 5.00. The summed E-state index contributed by atoms with van der Waals surface area (Å²) in [5.74, 6) is -0.522. The van der Waals surface area contributed by atoms with Crippen molar-refractivity contribution in [2.24, 2.45) is 5.92 Å². The van der Waals surface area contributed by atoms with E-state index < -0.39 is 7.05 Å². The van der Waals surface area contributed by atoms with Crippen LogP contribution in [0.2, 0.25) is 6.82 Å². The Balaban J connectivity index is 2.35. The van der Waals surface area contributed by atoms with Crippen molar-refractivity contribution in [3.63, 3.8) is 0 Å². The zero-order valence-corrected chi connectivity index (χ0v) is 12.3. The third-order valence-corrected chi connectivity index (χ3v) is 4.02. The summed E-state index contributed by atoms with van der Waals surface area (Å²) in [6.07, 6.45) is 0.420. The number of ether oxygens (including phenoxy) is 1. The number of hydrogen-bond donors (Lipinski definition) is 1. The van der Waals surface area contributed by atoms with Crippen molar-refractivity contribution >= 4 is 13.0 Å². The molecule has 110 valence electrons. The molecule has 0 fully saturated rings. The Morgan fingerprint density at radius 3 is 2.95 bits per heavy atom. The highest BCUT2D eigenvalue weighted by molar-refractivity contribution is 6.45. The molecule has 0 amide bonds. The minimum Gasteiger partial charge on any atom is -0.469 e. The summed E-state index contributed by atoms with van der Waals surface area (Å²) >= 11 is 0. The molecule has 2 atom stereocenters. The van der Waals surface area contributed by atoms with Crippen LogP contribution in [0.3, 0.4) is 0 Å². The first-order valence-corrected chi connectivity index (χ1v) is 7.03. The van der Waals surface area contributed by atoms with E-state index >= 15 is 0 Å². The molecule has 0 saturated heterocycles. The monoisotopic (exact) mass is 286 g/mol. The van der Waals surface area contributed by atoms with Gasteiger partial charge in [-0.15, -0.1) is 0 Å². The summed E-state index contributed by atoms with van der Waals surface area (Å²) in [4.78, 5) is 13.6. The van der Waals surface area contributed by atoms with E-state index in [9.17, 15) is 9.82 Å². The predicted octanol–water partition coefficient (Wildman–Crippen LogP) is 1.75. The van der Waals surface area contributed by atoms with Gasteiger partial charge in [0.25, 0.3) is 0 Å². The van der Waals surface area contributed by atoms with Gasteiger partial charge in [-0.05, 0) is 17.9 Å². The van der Waals surface area contributed by atoms with Gasteiger partial charge in [-0.3, -0.25) is 4.79 Å². The zero-order chi connectivity index (χ0) is 15.4. The SMILES string of the molecule is COC(=O)CC(CC#N)C1c2ccccc2CN1B(C)O. The molecule has 1 aliphatic rings. The van der Waals surface area contributed by atoms with E-state index in [2.05, 4.69) is 6.07 Å². The minimum absolute atomic E-state index is 0.139. The quantitative estimate of drug-likeness (QED) is 0.659. The third-order valence-electron chi connectivity index (χ3n) is 4.02. The fourth-order valence-electron chi connectivity index (χ4n) is 3.04. The maximum atomic E-state index is 11.6. The van der Waals surface area contributed by atoms with Gasteiger partial charge < -0.3 is 14.6 Å². The first-order chi connectivity index (χ1) is 10.1. The van der Waals surface area contributed by atoms with E-state index in [4.69, 9.17) is 10.00 Å². The minimum atomic E-state index is -0.638. The molecule has 0 bridgehead atoms. The van der Waals surface area contributed by atoms with Crippen molar-refractivity contribution < 1.29 is 14.6 Å². The molecule has 0 aliphatic carbocycles. The molecule has 0 radical (unpaired) electrons. The maximum absolute atomic E-state index is 11.6. The van der Waals surface area contributed by atoms with Crippen molar-refractivity contribution in [2.45, 2.75) is 32.3 Å². The Labute approximate surface area is 125 Å². The Morgan fingerprint density at radius 2 is 2.33 bits per heavy atom. The van der Waals surface area contributed by atoms with E-state index in [0.717, 1.165) is 11.1 Å². The molecular weight excluding hydrogens is 267 g/mol. The number of carbonyl (C=O) groups is 1. The van der Waals surface area contributed by atoms with Crippen LogP contribution >= 0.6 is 0 Å². The van der Waals surface area contributed by atoms with E-state index in [1.807, 2.05) is 29.1 Å². The Morgan fingerprint density at radius 1 is 1.62 bits per heavy atom. The highest BCUT2D eigenvalue weighted by Crippen LogP contribution is 2.41. The van der Waals surface area contributed by atoms with Crippen molar-refractivity contribution in [3.05, 3.63) is 35.4 Å². The zero-order valence-electron chi connectivity index (χ0n) is 12.3. The lowest BCUT2D eigenvalue weighted by Gasteiger charge is -2.31. The summed E-state index contributed by atoms with van der Waals surface area (Å²) < 4.78 is 4.74. The lowest BCUT2D eigenvalue weighted by atomic mass is 9.79.